The van der Waals surface area contributed by atoms with Crippen LogP contribution in [0, 0.1) is 0 Å². The minimum absolute atomic E-state index is 0. The maximum absolute atomic E-state index is 12.3. The number of anilines is 1. The fraction of sp³-hybridized carbons (Fsp3) is 0.682. The van der Waals surface area contributed by atoms with Crippen LogP contribution in [-0.4, -0.2) is 37.1 Å². The summed E-state index contributed by atoms with van der Waals surface area (Å²) in [7, 11) is 0. The minimum atomic E-state index is 0. The van der Waals surface area contributed by atoms with Crippen molar-refractivity contribution in [1.29, 1.82) is 0 Å². The van der Waals surface area contributed by atoms with Gasteiger partial charge >= 0.3 is 6.03 Å². The summed E-state index contributed by atoms with van der Waals surface area (Å²) in [5, 5.41) is 6.35. The summed E-state index contributed by atoms with van der Waals surface area (Å²) in [5.41, 5.74) is 2.26. The molecule has 4 nitrogen and oxygen atoms in total. The zero-order valence-corrected chi connectivity index (χ0v) is 17.8. The van der Waals surface area contributed by atoms with Gasteiger partial charge in [-0.15, -0.1) is 12.4 Å². The number of carbonyl (C=O) groups is 1. The van der Waals surface area contributed by atoms with Gasteiger partial charge in [-0.25, -0.2) is 4.79 Å². The van der Waals surface area contributed by atoms with Gasteiger partial charge in [0.05, 0.1) is 0 Å². The number of urea groups is 1. The molecule has 1 aliphatic heterocycles. The van der Waals surface area contributed by atoms with Crippen molar-refractivity contribution in [3.8, 4) is 0 Å². The molecule has 154 valence electrons. The van der Waals surface area contributed by atoms with Gasteiger partial charge in [0.15, 0.2) is 0 Å². The van der Waals surface area contributed by atoms with Crippen LogP contribution in [0.4, 0.5) is 10.5 Å². The number of rotatable bonds is 10. The van der Waals surface area contributed by atoms with Gasteiger partial charge in [0.25, 0.3) is 0 Å². The minimum Gasteiger partial charge on any atom is -0.323 e. The Morgan fingerprint density at radius 2 is 1.63 bits per heavy atom. The van der Waals surface area contributed by atoms with Crippen LogP contribution in [0.2, 0.25) is 0 Å². The van der Waals surface area contributed by atoms with E-state index >= 15 is 0 Å². The number of carbonyl (C=O) groups excluding carboxylic acids is 1. The van der Waals surface area contributed by atoms with Gasteiger partial charge in [0.1, 0.15) is 0 Å². The number of benzene rings is 1. The third kappa shape index (κ3) is 10.0. The molecule has 2 N–H and O–H groups in total. The van der Waals surface area contributed by atoms with Crippen molar-refractivity contribution >= 4 is 24.1 Å². The highest BCUT2D eigenvalue weighted by Gasteiger charge is 2.14. The molecule has 0 bridgehead atoms. The second-order valence-corrected chi connectivity index (χ2v) is 7.44. The van der Waals surface area contributed by atoms with E-state index in [-0.39, 0.29) is 18.4 Å². The molecule has 0 aromatic heterocycles. The maximum atomic E-state index is 12.3. The Balaban J connectivity index is 0.00000364. The largest absolute Gasteiger partial charge is 0.323 e. The molecule has 0 aliphatic carbocycles. The van der Waals surface area contributed by atoms with Crippen LogP contribution < -0.4 is 10.6 Å². The standard InChI is InChI=1S/C22H37N3O.ClH/c1-2-3-4-5-6-7-8-9-11-20-12-14-21(15-13-20)24-22(26)25-18-10-16-23-17-19-25;/h12-15,23H,2-11,16-19H2,1H3,(H,24,26);1H. The van der Waals surface area contributed by atoms with Crippen molar-refractivity contribution in [2.24, 2.45) is 0 Å². The Hall–Kier alpha value is -1.26. The van der Waals surface area contributed by atoms with Crippen LogP contribution in [0.15, 0.2) is 24.3 Å². The second kappa shape index (κ2) is 14.8. The molecule has 2 amide bonds. The number of hydrogen-bond donors (Lipinski definition) is 2. The summed E-state index contributed by atoms with van der Waals surface area (Å²) >= 11 is 0. The number of nitrogens with zero attached hydrogens (tertiary/aromatic N) is 1. The van der Waals surface area contributed by atoms with Crippen LogP contribution in [0.25, 0.3) is 0 Å². The molecule has 27 heavy (non-hydrogen) atoms. The third-order valence-corrected chi connectivity index (χ3v) is 5.15. The van der Waals surface area contributed by atoms with E-state index in [2.05, 4.69) is 29.7 Å². The normalized spacial score (nSPS) is 14.3. The topological polar surface area (TPSA) is 44.4 Å². The number of unbranched alkanes of at least 4 members (excludes halogenated alkanes) is 7. The predicted molar refractivity (Wildman–Crippen MR) is 118 cm³/mol. The zero-order valence-electron chi connectivity index (χ0n) is 17.0. The summed E-state index contributed by atoms with van der Waals surface area (Å²) in [6.07, 6.45) is 13.0. The molecule has 1 fully saturated rings. The summed E-state index contributed by atoms with van der Waals surface area (Å²) in [4.78, 5) is 14.2. The highest BCUT2D eigenvalue weighted by molar-refractivity contribution is 5.89. The molecule has 1 aliphatic rings. The molecular formula is C22H38ClN3O. The van der Waals surface area contributed by atoms with Gasteiger partial charge in [0.2, 0.25) is 0 Å². The number of halogens is 1. The van der Waals surface area contributed by atoms with Gasteiger partial charge in [-0.05, 0) is 43.5 Å². The van der Waals surface area contributed by atoms with Gasteiger partial charge in [-0.3, -0.25) is 0 Å². The number of amides is 2. The van der Waals surface area contributed by atoms with Crippen LogP contribution in [0.5, 0.6) is 0 Å². The Morgan fingerprint density at radius 1 is 0.963 bits per heavy atom. The number of aryl methyl sites for hydroxylation is 1. The highest BCUT2D eigenvalue weighted by Crippen LogP contribution is 2.14. The smallest absolute Gasteiger partial charge is 0.321 e. The monoisotopic (exact) mass is 395 g/mol. The molecule has 0 radical (unpaired) electrons. The Bertz CT molecular complexity index is 499. The first-order valence-corrected chi connectivity index (χ1v) is 10.6. The molecule has 1 heterocycles. The molecule has 1 saturated heterocycles. The molecule has 0 atom stereocenters. The zero-order chi connectivity index (χ0) is 18.5. The first-order chi connectivity index (χ1) is 12.8. The summed E-state index contributed by atoms with van der Waals surface area (Å²) in [5.74, 6) is 0. The van der Waals surface area contributed by atoms with E-state index in [1.807, 2.05) is 17.0 Å². The quantitative estimate of drug-likeness (QED) is 0.505. The van der Waals surface area contributed by atoms with E-state index in [0.29, 0.717) is 0 Å². The highest BCUT2D eigenvalue weighted by atomic mass is 35.5. The van der Waals surface area contributed by atoms with Crippen LogP contribution in [-0.2, 0) is 6.42 Å². The molecule has 0 saturated carbocycles. The molecule has 0 unspecified atom stereocenters. The van der Waals surface area contributed by atoms with Crippen LogP contribution in [0.1, 0.15) is 70.3 Å². The number of nitrogens with one attached hydrogen (secondary N) is 2. The van der Waals surface area contributed by atoms with Crippen molar-refractivity contribution in [1.82, 2.24) is 10.2 Å². The van der Waals surface area contributed by atoms with Crippen LogP contribution in [0.3, 0.4) is 0 Å². The lowest BCUT2D eigenvalue weighted by molar-refractivity contribution is 0.215. The molecule has 5 heteroatoms. The molecule has 1 aromatic carbocycles. The SMILES string of the molecule is CCCCCCCCCCc1ccc(NC(=O)N2CCCNCC2)cc1.Cl. The van der Waals surface area contributed by atoms with Gasteiger partial charge in [-0.2, -0.15) is 0 Å². The fourth-order valence-corrected chi connectivity index (χ4v) is 3.47. The molecular weight excluding hydrogens is 358 g/mol. The van der Waals surface area contributed by atoms with E-state index in [0.717, 1.165) is 44.7 Å². The first kappa shape index (κ1) is 23.8. The van der Waals surface area contributed by atoms with Crippen molar-refractivity contribution in [3.05, 3.63) is 29.8 Å². The van der Waals surface area contributed by atoms with E-state index < -0.39 is 0 Å². The Morgan fingerprint density at radius 3 is 2.33 bits per heavy atom. The van der Waals surface area contributed by atoms with Crippen molar-refractivity contribution < 1.29 is 4.79 Å². The molecule has 1 aromatic rings. The van der Waals surface area contributed by atoms with Gasteiger partial charge in [0, 0.05) is 25.3 Å². The molecule has 0 spiro atoms. The van der Waals surface area contributed by atoms with Crippen molar-refractivity contribution in [2.75, 3.05) is 31.5 Å². The third-order valence-electron chi connectivity index (χ3n) is 5.15. The lowest BCUT2D eigenvalue weighted by Crippen LogP contribution is -2.37. The summed E-state index contributed by atoms with van der Waals surface area (Å²) < 4.78 is 0. The summed E-state index contributed by atoms with van der Waals surface area (Å²) in [6, 6.07) is 8.40. The first-order valence-electron chi connectivity index (χ1n) is 10.6. The molecule has 2 rings (SSSR count). The Kier molecular flexibility index (Phi) is 13.0. The van der Waals surface area contributed by atoms with E-state index in [1.165, 1.54) is 56.9 Å². The average Bonchev–Trinajstić information content (AvgIpc) is 2.95. The van der Waals surface area contributed by atoms with Crippen molar-refractivity contribution in [3.63, 3.8) is 0 Å². The van der Waals surface area contributed by atoms with Gasteiger partial charge < -0.3 is 15.5 Å². The number of hydrogen-bond acceptors (Lipinski definition) is 2. The summed E-state index contributed by atoms with van der Waals surface area (Å²) in [6.45, 7) is 5.75. The fourth-order valence-electron chi connectivity index (χ4n) is 3.47. The Labute approximate surface area is 171 Å². The average molecular weight is 396 g/mol. The lowest BCUT2D eigenvalue weighted by Gasteiger charge is -2.20. The second-order valence-electron chi connectivity index (χ2n) is 7.44. The van der Waals surface area contributed by atoms with E-state index in [9.17, 15) is 4.79 Å². The van der Waals surface area contributed by atoms with E-state index in [1.54, 1.807) is 0 Å². The van der Waals surface area contributed by atoms with Crippen molar-refractivity contribution in [2.45, 2.75) is 71.1 Å². The maximum Gasteiger partial charge on any atom is 0.321 e. The van der Waals surface area contributed by atoms with Gasteiger partial charge in [-0.1, -0.05) is 64.0 Å². The lowest BCUT2D eigenvalue weighted by atomic mass is 10.0. The van der Waals surface area contributed by atoms with E-state index in [4.69, 9.17) is 0 Å². The predicted octanol–water partition coefficient (Wildman–Crippen LogP) is 5.62. The van der Waals surface area contributed by atoms with Crippen LogP contribution >= 0.6 is 12.4 Å².